The maximum absolute atomic E-state index is 10.5. The molecule has 5 heteroatoms. The molecule has 0 unspecified atom stereocenters. The van der Waals surface area contributed by atoms with E-state index in [9.17, 15) is 4.79 Å². The summed E-state index contributed by atoms with van der Waals surface area (Å²) in [6, 6.07) is 4.08. The third-order valence-corrected chi connectivity index (χ3v) is 3.97. The van der Waals surface area contributed by atoms with Crippen molar-refractivity contribution in [1.29, 1.82) is 0 Å². The molecule has 4 nitrogen and oxygen atoms in total. The van der Waals surface area contributed by atoms with Crippen LogP contribution in [0.1, 0.15) is 23.6 Å². The summed E-state index contributed by atoms with van der Waals surface area (Å²) >= 11 is 1.66. The molecule has 0 bridgehead atoms. The maximum atomic E-state index is 10.5. The summed E-state index contributed by atoms with van der Waals surface area (Å²) in [5.74, 6) is -0.268. The molecule has 0 spiro atoms. The molecule has 1 aromatic rings. The van der Waals surface area contributed by atoms with Crippen molar-refractivity contribution in [3.8, 4) is 0 Å². The number of thiophene rings is 1. The summed E-state index contributed by atoms with van der Waals surface area (Å²) < 4.78 is 0. The van der Waals surface area contributed by atoms with Crippen molar-refractivity contribution < 1.29 is 9.90 Å². The van der Waals surface area contributed by atoms with Crippen LogP contribution in [-0.2, 0) is 11.3 Å². The second-order valence-electron chi connectivity index (χ2n) is 5.91. The quantitative estimate of drug-likeness (QED) is 0.712. The molecule has 118 valence electrons. The lowest BCUT2D eigenvalue weighted by atomic mass is 10.2. The first-order valence-electron chi connectivity index (χ1n) is 7.23. The Hall–Kier alpha value is -1.17. The number of hydrogen-bond acceptors (Lipinski definition) is 4. The van der Waals surface area contributed by atoms with Crippen LogP contribution in [0.5, 0.6) is 0 Å². The van der Waals surface area contributed by atoms with E-state index in [-0.39, 0.29) is 0 Å². The second kappa shape index (κ2) is 8.97. The first-order valence-corrected chi connectivity index (χ1v) is 8.05. The van der Waals surface area contributed by atoms with Crippen LogP contribution in [0.2, 0.25) is 0 Å². The number of carboxylic acid groups (broad SMARTS) is 1. The molecule has 21 heavy (non-hydrogen) atoms. The summed E-state index contributed by atoms with van der Waals surface area (Å²) in [6.07, 6.45) is 2.84. The number of likely N-dealkylation sites (N-methyl/N-ethyl adjacent to an activating group) is 1. The number of carbonyl (C=O) groups is 1. The van der Waals surface area contributed by atoms with Crippen molar-refractivity contribution in [2.24, 2.45) is 5.92 Å². The van der Waals surface area contributed by atoms with Crippen LogP contribution in [0.3, 0.4) is 0 Å². The highest BCUT2D eigenvalue weighted by molar-refractivity contribution is 7.12. The minimum Gasteiger partial charge on any atom is -0.478 e. The third kappa shape index (κ3) is 7.99. The van der Waals surface area contributed by atoms with Gasteiger partial charge in [0.15, 0.2) is 0 Å². The van der Waals surface area contributed by atoms with Gasteiger partial charge in [-0.25, -0.2) is 4.79 Å². The van der Waals surface area contributed by atoms with E-state index in [2.05, 4.69) is 43.8 Å². The van der Waals surface area contributed by atoms with Gasteiger partial charge in [-0.1, -0.05) is 13.8 Å². The lowest BCUT2D eigenvalue weighted by Gasteiger charge is -2.25. The number of carboxylic acids is 1. The standard InChI is InChI=1S/C16H26N2O2S/c1-13(2)11-18(10-9-17(3)4)12-15-6-5-14(21-15)7-8-16(19)20/h5-8,13H,9-12H2,1-4H3,(H,19,20). The predicted octanol–water partition coefficient (Wildman–Crippen LogP) is 2.87. The largest absolute Gasteiger partial charge is 0.478 e. The van der Waals surface area contributed by atoms with Gasteiger partial charge in [-0.05, 0) is 38.2 Å². The number of aliphatic carboxylic acids is 1. The summed E-state index contributed by atoms with van der Waals surface area (Å²) in [5, 5.41) is 8.65. The van der Waals surface area contributed by atoms with Gasteiger partial charge >= 0.3 is 5.97 Å². The molecule has 0 atom stereocenters. The Kier molecular flexibility index (Phi) is 7.64. The molecule has 1 N–H and O–H groups in total. The average molecular weight is 310 g/mol. The van der Waals surface area contributed by atoms with Gasteiger partial charge in [0.1, 0.15) is 0 Å². The number of hydrogen-bond donors (Lipinski definition) is 1. The Balaban J connectivity index is 2.62. The summed E-state index contributed by atoms with van der Waals surface area (Å²) in [5.41, 5.74) is 0. The zero-order chi connectivity index (χ0) is 15.8. The molecule has 0 radical (unpaired) electrons. The molecule has 0 aliphatic rings. The van der Waals surface area contributed by atoms with Crippen LogP contribution in [0.4, 0.5) is 0 Å². The SMILES string of the molecule is CC(C)CN(CCN(C)C)Cc1ccc(C=CC(=O)O)s1. The van der Waals surface area contributed by atoms with E-state index in [1.807, 2.05) is 6.07 Å². The monoisotopic (exact) mass is 310 g/mol. The van der Waals surface area contributed by atoms with E-state index >= 15 is 0 Å². The fourth-order valence-electron chi connectivity index (χ4n) is 2.04. The first-order chi connectivity index (χ1) is 9.86. The molecule has 0 saturated heterocycles. The van der Waals surface area contributed by atoms with E-state index in [0.29, 0.717) is 5.92 Å². The van der Waals surface area contributed by atoms with E-state index < -0.39 is 5.97 Å². The highest BCUT2D eigenvalue weighted by Gasteiger charge is 2.10. The summed E-state index contributed by atoms with van der Waals surface area (Å²) in [7, 11) is 4.18. The van der Waals surface area contributed by atoms with Crippen molar-refractivity contribution in [1.82, 2.24) is 9.80 Å². The van der Waals surface area contributed by atoms with Crippen molar-refractivity contribution in [2.45, 2.75) is 20.4 Å². The Morgan fingerprint density at radius 1 is 1.33 bits per heavy atom. The van der Waals surface area contributed by atoms with Crippen molar-refractivity contribution >= 4 is 23.4 Å². The molecule has 0 amide bonds. The van der Waals surface area contributed by atoms with Crippen LogP contribution in [0, 0.1) is 5.92 Å². The van der Waals surface area contributed by atoms with Crippen LogP contribution in [0.15, 0.2) is 18.2 Å². The highest BCUT2D eigenvalue weighted by atomic mass is 32.1. The molecule has 0 aromatic carbocycles. The van der Waals surface area contributed by atoms with E-state index in [1.54, 1.807) is 17.4 Å². The third-order valence-electron chi connectivity index (χ3n) is 2.94. The topological polar surface area (TPSA) is 43.8 Å². The minimum atomic E-state index is -0.905. The van der Waals surface area contributed by atoms with Crippen LogP contribution < -0.4 is 0 Å². The van der Waals surface area contributed by atoms with Gasteiger partial charge in [0.05, 0.1) is 0 Å². The molecule has 1 rings (SSSR count). The number of rotatable bonds is 9. The van der Waals surface area contributed by atoms with E-state index in [1.165, 1.54) is 11.0 Å². The highest BCUT2D eigenvalue weighted by Crippen LogP contribution is 2.20. The van der Waals surface area contributed by atoms with Crippen LogP contribution in [-0.4, -0.2) is 54.6 Å². The zero-order valence-electron chi connectivity index (χ0n) is 13.4. The molecular weight excluding hydrogens is 284 g/mol. The van der Waals surface area contributed by atoms with Gasteiger partial charge < -0.3 is 10.0 Å². The number of nitrogens with zero attached hydrogens (tertiary/aromatic N) is 2. The maximum Gasteiger partial charge on any atom is 0.328 e. The van der Waals surface area contributed by atoms with Crippen LogP contribution in [0.25, 0.3) is 6.08 Å². The molecular formula is C16H26N2O2S. The van der Waals surface area contributed by atoms with E-state index in [0.717, 1.165) is 31.1 Å². The lowest BCUT2D eigenvalue weighted by molar-refractivity contribution is -0.131. The van der Waals surface area contributed by atoms with Crippen molar-refractivity contribution in [2.75, 3.05) is 33.7 Å². The Labute approximate surface area is 131 Å². The average Bonchev–Trinajstić information content (AvgIpc) is 2.80. The summed E-state index contributed by atoms with van der Waals surface area (Å²) in [4.78, 5) is 17.5. The smallest absolute Gasteiger partial charge is 0.328 e. The minimum absolute atomic E-state index is 0.638. The Bertz CT molecular complexity index is 467. The lowest BCUT2D eigenvalue weighted by Crippen LogP contribution is -2.33. The molecule has 0 saturated carbocycles. The van der Waals surface area contributed by atoms with Gasteiger partial charge in [0.2, 0.25) is 0 Å². The van der Waals surface area contributed by atoms with Gasteiger partial charge in [0.25, 0.3) is 0 Å². The molecule has 1 heterocycles. The van der Waals surface area contributed by atoms with Crippen LogP contribution >= 0.6 is 11.3 Å². The normalized spacial score (nSPS) is 12.1. The van der Waals surface area contributed by atoms with E-state index in [4.69, 9.17) is 5.11 Å². The fraction of sp³-hybridized carbons (Fsp3) is 0.562. The first kappa shape index (κ1) is 17.9. The second-order valence-corrected chi connectivity index (χ2v) is 7.11. The molecule has 0 aliphatic heterocycles. The van der Waals surface area contributed by atoms with Crippen molar-refractivity contribution in [3.05, 3.63) is 28.0 Å². The van der Waals surface area contributed by atoms with Gasteiger partial charge in [0, 0.05) is 42.0 Å². The van der Waals surface area contributed by atoms with Crippen molar-refractivity contribution in [3.63, 3.8) is 0 Å². The predicted molar refractivity (Wildman–Crippen MR) is 89.7 cm³/mol. The Morgan fingerprint density at radius 2 is 2.05 bits per heavy atom. The van der Waals surface area contributed by atoms with Gasteiger partial charge in [-0.3, -0.25) is 4.90 Å². The summed E-state index contributed by atoms with van der Waals surface area (Å²) in [6.45, 7) is 8.56. The van der Waals surface area contributed by atoms with Gasteiger partial charge in [-0.15, -0.1) is 11.3 Å². The zero-order valence-corrected chi connectivity index (χ0v) is 14.2. The fourth-order valence-corrected chi connectivity index (χ4v) is 2.99. The Morgan fingerprint density at radius 3 is 2.62 bits per heavy atom. The molecule has 1 aromatic heterocycles. The molecule has 0 aliphatic carbocycles. The molecule has 0 fully saturated rings. The van der Waals surface area contributed by atoms with Gasteiger partial charge in [-0.2, -0.15) is 0 Å².